The molecule has 1 fully saturated rings. The van der Waals surface area contributed by atoms with Crippen LogP contribution in [-0.2, 0) is 14.3 Å². The highest BCUT2D eigenvalue weighted by molar-refractivity contribution is 5.78. The average Bonchev–Trinajstić information content (AvgIpc) is 2.29. The highest BCUT2D eigenvalue weighted by Crippen LogP contribution is 2.17. The Labute approximate surface area is 94.7 Å². The molecule has 0 bridgehead atoms. The lowest BCUT2D eigenvalue weighted by molar-refractivity contribution is -0.146. The number of hydrogen-bond donors (Lipinski definition) is 1. The number of piperidine rings is 1. The Morgan fingerprint density at radius 3 is 2.56 bits per heavy atom. The van der Waals surface area contributed by atoms with E-state index >= 15 is 0 Å². The highest BCUT2D eigenvalue weighted by atomic mass is 16.5. The molecule has 0 aliphatic carbocycles. The van der Waals surface area contributed by atoms with Crippen molar-refractivity contribution in [3.8, 4) is 0 Å². The molecule has 90 valence electrons. The number of carboxylic acid groups (broad SMARTS) is 1. The molecule has 0 aromatic heterocycles. The number of rotatable bonds is 5. The van der Waals surface area contributed by atoms with Crippen LogP contribution in [0.2, 0.25) is 0 Å². The van der Waals surface area contributed by atoms with Gasteiger partial charge in [0.15, 0.2) is 0 Å². The minimum atomic E-state index is -0.769. The Kier molecular flexibility index (Phi) is 4.98. The first-order valence-electron chi connectivity index (χ1n) is 5.34. The second kappa shape index (κ2) is 6.27. The smallest absolute Gasteiger partial charge is 0.306 e. The molecule has 1 amide bonds. The molecule has 1 rings (SSSR count). The third-order valence-electron chi connectivity index (χ3n) is 2.66. The Morgan fingerprint density at radius 1 is 1.44 bits per heavy atom. The van der Waals surface area contributed by atoms with Crippen LogP contribution in [-0.4, -0.2) is 48.2 Å². The number of aliphatic carboxylic acids is 1. The molecule has 0 aromatic rings. The molecule has 0 atom stereocenters. The van der Waals surface area contributed by atoms with Crippen molar-refractivity contribution in [2.24, 2.45) is 5.92 Å². The van der Waals surface area contributed by atoms with Gasteiger partial charge in [-0.1, -0.05) is 6.08 Å². The fraction of sp³-hybridized carbons (Fsp3) is 0.636. The van der Waals surface area contributed by atoms with Crippen LogP contribution in [0.4, 0.5) is 0 Å². The molecule has 1 saturated heterocycles. The maximum absolute atomic E-state index is 11.6. The highest BCUT2D eigenvalue weighted by Gasteiger charge is 2.26. The van der Waals surface area contributed by atoms with E-state index in [1.54, 1.807) is 11.0 Å². The Morgan fingerprint density at radius 2 is 2.06 bits per heavy atom. The molecule has 0 radical (unpaired) electrons. The Bertz CT molecular complexity index is 269. The number of ether oxygens (including phenoxy) is 1. The summed E-state index contributed by atoms with van der Waals surface area (Å²) in [5.41, 5.74) is 0. The summed E-state index contributed by atoms with van der Waals surface area (Å²) in [6, 6.07) is 0. The van der Waals surface area contributed by atoms with Crippen LogP contribution < -0.4 is 0 Å². The number of carboxylic acids is 1. The van der Waals surface area contributed by atoms with E-state index in [1.807, 2.05) is 0 Å². The topological polar surface area (TPSA) is 66.8 Å². The van der Waals surface area contributed by atoms with Crippen LogP contribution in [0.5, 0.6) is 0 Å². The summed E-state index contributed by atoms with van der Waals surface area (Å²) in [6.45, 7) is 4.90. The zero-order chi connectivity index (χ0) is 12.0. The Balaban J connectivity index is 2.27. The van der Waals surface area contributed by atoms with Crippen molar-refractivity contribution in [3.63, 3.8) is 0 Å². The van der Waals surface area contributed by atoms with Gasteiger partial charge in [0, 0.05) is 13.1 Å². The first-order chi connectivity index (χ1) is 7.65. The summed E-state index contributed by atoms with van der Waals surface area (Å²) in [4.78, 5) is 23.9. The first kappa shape index (κ1) is 12.7. The number of amides is 1. The van der Waals surface area contributed by atoms with Gasteiger partial charge in [-0.2, -0.15) is 0 Å². The predicted octanol–water partition coefficient (Wildman–Crippen LogP) is 0.512. The quantitative estimate of drug-likeness (QED) is 0.549. The maximum Gasteiger partial charge on any atom is 0.306 e. The molecule has 0 spiro atoms. The van der Waals surface area contributed by atoms with E-state index in [4.69, 9.17) is 9.84 Å². The molecular formula is C11H17NO4. The van der Waals surface area contributed by atoms with E-state index in [1.165, 1.54) is 0 Å². The number of hydrogen-bond acceptors (Lipinski definition) is 3. The van der Waals surface area contributed by atoms with Crippen LogP contribution in [0.15, 0.2) is 12.7 Å². The summed E-state index contributed by atoms with van der Waals surface area (Å²) in [5, 5.41) is 8.80. The van der Waals surface area contributed by atoms with Crippen molar-refractivity contribution in [1.29, 1.82) is 0 Å². The van der Waals surface area contributed by atoms with Gasteiger partial charge in [0.25, 0.3) is 0 Å². The van der Waals surface area contributed by atoms with Gasteiger partial charge in [-0.15, -0.1) is 6.58 Å². The monoisotopic (exact) mass is 227 g/mol. The number of nitrogens with zero attached hydrogens (tertiary/aromatic N) is 1. The summed E-state index contributed by atoms with van der Waals surface area (Å²) < 4.78 is 5.05. The van der Waals surface area contributed by atoms with Gasteiger partial charge in [0.1, 0.15) is 6.61 Å². The van der Waals surface area contributed by atoms with Gasteiger partial charge < -0.3 is 14.7 Å². The molecule has 16 heavy (non-hydrogen) atoms. The van der Waals surface area contributed by atoms with E-state index in [0.717, 1.165) is 0 Å². The van der Waals surface area contributed by atoms with Crippen LogP contribution in [0, 0.1) is 5.92 Å². The van der Waals surface area contributed by atoms with E-state index < -0.39 is 5.97 Å². The van der Waals surface area contributed by atoms with Gasteiger partial charge in [-0.3, -0.25) is 9.59 Å². The lowest BCUT2D eigenvalue weighted by Crippen LogP contribution is -2.41. The fourth-order valence-electron chi connectivity index (χ4n) is 1.70. The first-order valence-corrected chi connectivity index (χ1v) is 5.34. The van der Waals surface area contributed by atoms with Crippen LogP contribution in [0.1, 0.15) is 12.8 Å². The average molecular weight is 227 g/mol. The standard InChI is InChI=1S/C11H17NO4/c1-2-7-16-8-10(13)12-5-3-9(4-6-12)11(14)15/h2,9H,1,3-8H2,(H,14,15). The summed E-state index contributed by atoms with van der Waals surface area (Å²) in [6.07, 6.45) is 2.65. The van der Waals surface area contributed by atoms with Crippen molar-refractivity contribution in [3.05, 3.63) is 12.7 Å². The summed E-state index contributed by atoms with van der Waals surface area (Å²) >= 11 is 0. The zero-order valence-electron chi connectivity index (χ0n) is 9.22. The van der Waals surface area contributed by atoms with Crippen molar-refractivity contribution in [1.82, 2.24) is 4.90 Å². The molecular weight excluding hydrogens is 210 g/mol. The fourth-order valence-corrected chi connectivity index (χ4v) is 1.70. The molecule has 1 aliphatic rings. The van der Waals surface area contributed by atoms with E-state index in [0.29, 0.717) is 32.5 Å². The van der Waals surface area contributed by atoms with Crippen molar-refractivity contribution < 1.29 is 19.4 Å². The van der Waals surface area contributed by atoms with Crippen LogP contribution >= 0.6 is 0 Å². The molecule has 0 unspecified atom stereocenters. The van der Waals surface area contributed by atoms with E-state index in [2.05, 4.69) is 6.58 Å². The molecule has 5 heteroatoms. The van der Waals surface area contributed by atoms with Gasteiger partial charge in [-0.05, 0) is 12.8 Å². The summed E-state index contributed by atoms with van der Waals surface area (Å²) in [7, 11) is 0. The SMILES string of the molecule is C=CCOCC(=O)N1CCC(C(=O)O)CC1. The van der Waals surface area contributed by atoms with E-state index in [9.17, 15) is 9.59 Å². The maximum atomic E-state index is 11.6. The number of carbonyl (C=O) groups excluding carboxylic acids is 1. The van der Waals surface area contributed by atoms with Gasteiger partial charge in [-0.25, -0.2) is 0 Å². The zero-order valence-corrected chi connectivity index (χ0v) is 9.22. The third kappa shape index (κ3) is 3.66. The summed E-state index contributed by atoms with van der Waals surface area (Å²) in [5.74, 6) is -1.15. The number of carbonyl (C=O) groups is 2. The molecule has 1 aliphatic heterocycles. The molecule has 0 aromatic carbocycles. The number of likely N-dealkylation sites (tertiary alicyclic amines) is 1. The van der Waals surface area contributed by atoms with Crippen molar-refractivity contribution in [2.75, 3.05) is 26.3 Å². The normalized spacial score (nSPS) is 17.1. The van der Waals surface area contributed by atoms with Gasteiger partial charge >= 0.3 is 5.97 Å². The molecule has 0 saturated carbocycles. The van der Waals surface area contributed by atoms with Crippen LogP contribution in [0.3, 0.4) is 0 Å². The molecule has 5 nitrogen and oxygen atoms in total. The second-order valence-electron chi connectivity index (χ2n) is 3.80. The van der Waals surface area contributed by atoms with Gasteiger partial charge in [0.2, 0.25) is 5.91 Å². The third-order valence-corrected chi connectivity index (χ3v) is 2.66. The minimum Gasteiger partial charge on any atom is -0.481 e. The largest absolute Gasteiger partial charge is 0.481 e. The predicted molar refractivity (Wildman–Crippen MR) is 58.0 cm³/mol. The van der Waals surface area contributed by atoms with Crippen LogP contribution in [0.25, 0.3) is 0 Å². The lowest BCUT2D eigenvalue weighted by Gasteiger charge is -2.29. The van der Waals surface area contributed by atoms with E-state index in [-0.39, 0.29) is 18.4 Å². The minimum absolute atomic E-state index is 0.0454. The lowest BCUT2D eigenvalue weighted by atomic mass is 9.97. The molecule has 1 N–H and O–H groups in total. The second-order valence-corrected chi connectivity index (χ2v) is 3.80. The van der Waals surface area contributed by atoms with Crippen molar-refractivity contribution in [2.45, 2.75) is 12.8 Å². The van der Waals surface area contributed by atoms with Gasteiger partial charge in [0.05, 0.1) is 12.5 Å². The molecule has 1 heterocycles. The van der Waals surface area contributed by atoms with Crippen molar-refractivity contribution >= 4 is 11.9 Å². The Hall–Kier alpha value is -1.36.